The van der Waals surface area contributed by atoms with Crippen LogP contribution in [0.4, 0.5) is 5.69 Å². The summed E-state index contributed by atoms with van der Waals surface area (Å²) in [7, 11) is -3.51. The number of carbonyl (C=O) groups is 1. The molecule has 0 unspecified atom stereocenters. The van der Waals surface area contributed by atoms with E-state index in [0.29, 0.717) is 5.69 Å². The van der Waals surface area contributed by atoms with Gasteiger partial charge < -0.3 is 5.32 Å². The smallest absolute Gasteiger partial charge is 0.242 e. The van der Waals surface area contributed by atoms with Gasteiger partial charge in [-0.25, -0.2) is 13.1 Å². The maximum atomic E-state index is 11.9. The Morgan fingerprint density at radius 3 is 2.11 bits per heavy atom. The first-order valence-corrected chi connectivity index (χ1v) is 7.71. The molecule has 106 valence electrons. The van der Waals surface area contributed by atoms with Gasteiger partial charge in [-0.3, -0.25) is 4.79 Å². The number of sulfonamides is 1. The molecule has 0 radical (unpaired) electrons. The molecular weight excluding hydrogens is 288 g/mol. The lowest BCUT2D eigenvalue weighted by molar-refractivity contribution is -0.115. The normalized spacial score (nSPS) is 13.3. The van der Waals surface area contributed by atoms with Crippen molar-refractivity contribution in [2.24, 2.45) is 0 Å². The fourth-order valence-corrected chi connectivity index (χ4v) is 2.64. The first kappa shape index (κ1) is 15.9. The summed E-state index contributed by atoms with van der Waals surface area (Å²) in [4.78, 5) is 11.5. The van der Waals surface area contributed by atoms with Crippen LogP contribution < -0.4 is 10.0 Å². The van der Waals surface area contributed by atoms with E-state index in [9.17, 15) is 13.2 Å². The fraction of sp³-hybridized carbons (Fsp3) is 0.417. The quantitative estimate of drug-likeness (QED) is 0.816. The number of rotatable bonds is 5. The Bertz CT molecular complexity index is 539. The predicted molar refractivity (Wildman–Crippen MR) is 75.8 cm³/mol. The van der Waals surface area contributed by atoms with Gasteiger partial charge >= 0.3 is 0 Å². The molecule has 1 atom stereocenters. The number of halogens is 1. The van der Waals surface area contributed by atoms with E-state index in [0.717, 1.165) is 0 Å². The summed E-state index contributed by atoms with van der Waals surface area (Å²) < 4.78 is 26.2. The highest BCUT2D eigenvalue weighted by Crippen LogP contribution is 2.15. The molecule has 5 nitrogen and oxygen atoms in total. The summed E-state index contributed by atoms with van der Waals surface area (Å²) >= 11 is 5.62. The topological polar surface area (TPSA) is 75.3 Å². The van der Waals surface area contributed by atoms with E-state index in [-0.39, 0.29) is 16.8 Å². The molecule has 0 spiro atoms. The molecule has 2 N–H and O–H groups in total. The molecule has 7 heteroatoms. The average Bonchev–Trinajstić information content (AvgIpc) is 2.27. The molecule has 0 aliphatic carbocycles. The van der Waals surface area contributed by atoms with Crippen molar-refractivity contribution < 1.29 is 13.2 Å². The van der Waals surface area contributed by atoms with Crippen LogP contribution in [-0.4, -0.2) is 25.7 Å². The monoisotopic (exact) mass is 304 g/mol. The SMILES string of the molecule is CC(C)NS(=O)(=O)c1ccc(NC(=O)[C@H](C)Cl)cc1. The van der Waals surface area contributed by atoms with Gasteiger partial charge in [0.05, 0.1) is 4.90 Å². The average molecular weight is 305 g/mol. The summed E-state index contributed by atoms with van der Waals surface area (Å²) in [6, 6.07) is 5.72. The van der Waals surface area contributed by atoms with Crippen molar-refractivity contribution in [1.29, 1.82) is 0 Å². The van der Waals surface area contributed by atoms with Crippen LogP contribution in [0, 0.1) is 0 Å². The molecule has 0 heterocycles. The van der Waals surface area contributed by atoms with Crippen molar-refractivity contribution in [3.63, 3.8) is 0 Å². The van der Waals surface area contributed by atoms with Crippen molar-refractivity contribution in [2.45, 2.75) is 37.1 Å². The number of benzene rings is 1. The zero-order valence-corrected chi connectivity index (χ0v) is 12.5. The second-order valence-electron chi connectivity index (χ2n) is 4.41. The van der Waals surface area contributed by atoms with Crippen molar-refractivity contribution in [1.82, 2.24) is 4.72 Å². The fourth-order valence-electron chi connectivity index (χ4n) is 1.34. The summed E-state index contributed by atoms with van der Waals surface area (Å²) in [5.74, 6) is -0.336. The highest BCUT2D eigenvalue weighted by molar-refractivity contribution is 7.89. The molecule has 0 aliphatic rings. The Balaban J connectivity index is 2.85. The Morgan fingerprint density at radius 2 is 1.68 bits per heavy atom. The molecule has 0 bridgehead atoms. The third kappa shape index (κ3) is 4.81. The third-order valence-corrected chi connectivity index (χ3v) is 4.06. The van der Waals surface area contributed by atoms with Crippen molar-refractivity contribution in [3.05, 3.63) is 24.3 Å². The summed E-state index contributed by atoms with van der Waals surface area (Å²) in [6.45, 7) is 5.05. The van der Waals surface area contributed by atoms with E-state index in [1.165, 1.54) is 24.3 Å². The van der Waals surface area contributed by atoms with Gasteiger partial charge in [0.2, 0.25) is 15.9 Å². The minimum absolute atomic E-state index is 0.151. The van der Waals surface area contributed by atoms with Crippen LogP contribution in [0.25, 0.3) is 0 Å². The lowest BCUT2D eigenvalue weighted by Crippen LogP contribution is -2.30. The van der Waals surface area contributed by atoms with Gasteiger partial charge in [-0.1, -0.05) is 0 Å². The minimum atomic E-state index is -3.51. The minimum Gasteiger partial charge on any atom is -0.325 e. The van der Waals surface area contributed by atoms with E-state index in [4.69, 9.17) is 11.6 Å². The van der Waals surface area contributed by atoms with E-state index in [2.05, 4.69) is 10.0 Å². The standard InChI is InChI=1S/C12H17ClN2O3S/c1-8(2)15-19(17,18)11-6-4-10(5-7-11)14-12(16)9(3)13/h4-9,15H,1-3H3,(H,14,16)/t9-/m0/s1. The summed E-state index contributed by atoms with van der Waals surface area (Å²) in [6.07, 6.45) is 0. The molecule has 1 aromatic rings. The number of nitrogens with one attached hydrogen (secondary N) is 2. The predicted octanol–water partition coefficient (Wildman–Crippen LogP) is 1.94. The Kier molecular flexibility index (Phi) is 5.34. The lowest BCUT2D eigenvalue weighted by atomic mass is 10.3. The molecule has 1 amide bonds. The van der Waals surface area contributed by atoms with Crippen molar-refractivity contribution in [2.75, 3.05) is 5.32 Å². The van der Waals surface area contributed by atoms with Crippen LogP contribution in [0.3, 0.4) is 0 Å². The molecule has 0 aliphatic heterocycles. The number of amides is 1. The zero-order valence-electron chi connectivity index (χ0n) is 11.0. The summed E-state index contributed by atoms with van der Waals surface area (Å²) in [5.41, 5.74) is 0.501. The number of alkyl halides is 1. The van der Waals surface area contributed by atoms with Crippen LogP contribution >= 0.6 is 11.6 Å². The molecule has 19 heavy (non-hydrogen) atoms. The first-order chi connectivity index (χ1) is 8.72. The Morgan fingerprint density at radius 1 is 1.16 bits per heavy atom. The molecule has 0 fully saturated rings. The van der Waals surface area contributed by atoms with E-state index in [1.54, 1.807) is 20.8 Å². The molecule has 0 aromatic heterocycles. The van der Waals surface area contributed by atoms with Gasteiger partial charge in [0.15, 0.2) is 0 Å². The van der Waals surface area contributed by atoms with Crippen LogP contribution in [0.2, 0.25) is 0 Å². The van der Waals surface area contributed by atoms with E-state index < -0.39 is 15.4 Å². The van der Waals surface area contributed by atoms with E-state index in [1.807, 2.05) is 0 Å². The zero-order chi connectivity index (χ0) is 14.6. The van der Waals surface area contributed by atoms with Gasteiger partial charge in [0.1, 0.15) is 5.38 Å². The number of carbonyl (C=O) groups excluding carboxylic acids is 1. The number of hydrogen-bond acceptors (Lipinski definition) is 3. The van der Waals surface area contributed by atoms with Crippen LogP contribution in [0.15, 0.2) is 29.2 Å². The van der Waals surface area contributed by atoms with Crippen molar-refractivity contribution in [3.8, 4) is 0 Å². The molecule has 0 saturated carbocycles. The van der Waals surface area contributed by atoms with E-state index >= 15 is 0 Å². The summed E-state index contributed by atoms with van der Waals surface area (Å²) in [5, 5.41) is 1.93. The van der Waals surface area contributed by atoms with Crippen LogP contribution in [-0.2, 0) is 14.8 Å². The van der Waals surface area contributed by atoms with Gasteiger partial charge in [-0.05, 0) is 45.0 Å². The van der Waals surface area contributed by atoms with Gasteiger partial charge in [-0.15, -0.1) is 11.6 Å². The third-order valence-electron chi connectivity index (χ3n) is 2.18. The van der Waals surface area contributed by atoms with Gasteiger partial charge in [0.25, 0.3) is 0 Å². The highest BCUT2D eigenvalue weighted by atomic mass is 35.5. The van der Waals surface area contributed by atoms with Gasteiger partial charge in [-0.2, -0.15) is 0 Å². The van der Waals surface area contributed by atoms with Crippen LogP contribution in [0.1, 0.15) is 20.8 Å². The maximum absolute atomic E-state index is 11.9. The first-order valence-electron chi connectivity index (χ1n) is 5.79. The lowest BCUT2D eigenvalue weighted by Gasteiger charge is -2.10. The second kappa shape index (κ2) is 6.36. The molecule has 1 rings (SSSR count). The largest absolute Gasteiger partial charge is 0.325 e. The Hall–Kier alpha value is -1.11. The molecule has 1 aromatic carbocycles. The highest BCUT2D eigenvalue weighted by Gasteiger charge is 2.15. The van der Waals surface area contributed by atoms with Gasteiger partial charge in [0, 0.05) is 11.7 Å². The van der Waals surface area contributed by atoms with Crippen LogP contribution in [0.5, 0.6) is 0 Å². The molecular formula is C12H17ClN2O3S. The Labute approximate surface area is 118 Å². The second-order valence-corrected chi connectivity index (χ2v) is 6.77. The number of anilines is 1. The maximum Gasteiger partial charge on any atom is 0.242 e. The molecule has 0 saturated heterocycles. The number of hydrogen-bond donors (Lipinski definition) is 2. The van der Waals surface area contributed by atoms with Crippen molar-refractivity contribution >= 4 is 33.2 Å².